The molecule has 0 atom stereocenters. The van der Waals surface area contributed by atoms with Crippen molar-refractivity contribution in [1.29, 1.82) is 0 Å². The number of carbonyl (C=O) groups is 1. The Labute approximate surface area is 99.8 Å². The van der Waals surface area contributed by atoms with Crippen molar-refractivity contribution in [3.63, 3.8) is 0 Å². The summed E-state index contributed by atoms with van der Waals surface area (Å²) in [5.41, 5.74) is -1.47. The molecule has 1 aromatic carbocycles. The maximum absolute atomic E-state index is 13.3. The number of hydrogen-bond donors (Lipinski definition) is 1. The van der Waals surface area contributed by atoms with Crippen LogP contribution < -0.4 is 0 Å². The van der Waals surface area contributed by atoms with E-state index in [1.54, 1.807) is 0 Å². The first-order valence-corrected chi connectivity index (χ1v) is 4.43. The van der Waals surface area contributed by atoms with Gasteiger partial charge in [-0.25, -0.2) is 26.7 Å². The topological polar surface area (TPSA) is 76.2 Å². The Bertz CT molecular complexity index is 656. The molecule has 0 aliphatic carbocycles. The van der Waals surface area contributed by atoms with E-state index in [1.165, 1.54) is 0 Å². The van der Waals surface area contributed by atoms with E-state index in [9.17, 15) is 26.7 Å². The van der Waals surface area contributed by atoms with Crippen molar-refractivity contribution in [3.05, 3.63) is 35.0 Å². The van der Waals surface area contributed by atoms with Gasteiger partial charge in [0.15, 0.2) is 23.3 Å². The summed E-state index contributed by atoms with van der Waals surface area (Å²) in [7, 11) is 0. The van der Waals surface area contributed by atoms with E-state index >= 15 is 0 Å². The molecule has 0 saturated carbocycles. The standard InChI is InChI=1S/C9HF5N2O3/c10-2-1(3(11)5(13)6(14)4(2)12)7-15-8(9(17)18)19-16-7/h(H,17,18). The van der Waals surface area contributed by atoms with Gasteiger partial charge >= 0.3 is 11.9 Å². The number of carboxylic acid groups (broad SMARTS) is 1. The first kappa shape index (κ1) is 12.9. The van der Waals surface area contributed by atoms with Crippen LogP contribution in [0.2, 0.25) is 0 Å². The lowest BCUT2D eigenvalue weighted by Crippen LogP contribution is -2.05. The highest BCUT2D eigenvalue weighted by Gasteiger charge is 2.29. The molecule has 0 aliphatic rings. The molecule has 10 heteroatoms. The number of nitrogens with zero attached hydrogens (tertiary/aromatic N) is 2. The summed E-state index contributed by atoms with van der Waals surface area (Å²) in [6.45, 7) is 0. The smallest absolute Gasteiger partial charge is 0.394 e. The summed E-state index contributed by atoms with van der Waals surface area (Å²) in [5, 5.41) is 11.3. The average Bonchev–Trinajstić information content (AvgIpc) is 2.84. The molecule has 2 aromatic rings. The normalized spacial score (nSPS) is 10.8. The number of aromatic carboxylic acids is 1. The van der Waals surface area contributed by atoms with Crippen molar-refractivity contribution >= 4 is 5.97 Å². The highest BCUT2D eigenvalue weighted by molar-refractivity contribution is 5.82. The first-order valence-electron chi connectivity index (χ1n) is 4.43. The quantitative estimate of drug-likeness (QED) is 0.518. The zero-order chi connectivity index (χ0) is 14.3. The van der Waals surface area contributed by atoms with Crippen LogP contribution in [-0.2, 0) is 0 Å². The minimum Gasteiger partial charge on any atom is -0.474 e. The third-order valence-electron chi connectivity index (χ3n) is 2.04. The summed E-state index contributed by atoms with van der Waals surface area (Å²) in [6, 6.07) is 0. The summed E-state index contributed by atoms with van der Waals surface area (Å²) in [5.74, 6) is -15.0. The van der Waals surface area contributed by atoms with Gasteiger partial charge in [0, 0.05) is 0 Å². The van der Waals surface area contributed by atoms with Crippen LogP contribution >= 0.6 is 0 Å². The van der Waals surface area contributed by atoms with Crippen LogP contribution in [0.1, 0.15) is 10.7 Å². The molecule has 0 unspecified atom stereocenters. The Kier molecular flexibility index (Phi) is 2.92. The average molecular weight is 280 g/mol. The van der Waals surface area contributed by atoms with Crippen LogP contribution in [0, 0.1) is 29.1 Å². The molecule has 1 heterocycles. The van der Waals surface area contributed by atoms with Crippen molar-refractivity contribution < 1.29 is 36.4 Å². The minimum absolute atomic E-state index is 1.06. The second kappa shape index (κ2) is 4.30. The molecular weight excluding hydrogens is 279 g/mol. The largest absolute Gasteiger partial charge is 0.474 e. The fourth-order valence-electron chi connectivity index (χ4n) is 1.21. The molecule has 0 spiro atoms. The molecule has 1 N–H and O–H groups in total. The van der Waals surface area contributed by atoms with Gasteiger partial charge in [-0.05, 0) is 0 Å². The lowest BCUT2D eigenvalue weighted by atomic mass is 10.1. The fourth-order valence-corrected chi connectivity index (χ4v) is 1.21. The van der Waals surface area contributed by atoms with E-state index in [4.69, 9.17) is 5.11 Å². The maximum atomic E-state index is 13.3. The molecule has 0 radical (unpaired) electrons. The Morgan fingerprint density at radius 2 is 1.42 bits per heavy atom. The molecule has 19 heavy (non-hydrogen) atoms. The summed E-state index contributed by atoms with van der Waals surface area (Å²) >= 11 is 0. The molecule has 1 aromatic heterocycles. The molecule has 2 rings (SSSR count). The minimum atomic E-state index is -2.35. The van der Waals surface area contributed by atoms with Crippen LogP contribution in [0.5, 0.6) is 0 Å². The van der Waals surface area contributed by atoms with E-state index in [0.717, 1.165) is 0 Å². The Morgan fingerprint density at radius 3 is 1.84 bits per heavy atom. The van der Waals surface area contributed by atoms with Gasteiger partial charge in [-0.15, -0.1) is 0 Å². The summed E-state index contributed by atoms with van der Waals surface area (Å²) < 4.78 is 69.2. The van der Waals surface area contributed by atoms with Gasteiger partial charge in [-0.3, -0.25) is 0 Å². The molecule has 5 nitrogen and oxygen atoms in total. The highest BCUT2D eigenvalue weighted by Crippen LogP contribution is 2.29. The second-order valence-electron chi connectivity index (χ2n) is 3.17. The number of benzene rings is 1. The SMILES string of the molecule is O=C(O)c1nc(-c2c(F)c(F)c(F)c(F)c2F)no1. The molecule has 0 amide bonds. The lowest BCUT2D eigenvalue weighted by molar-refractivity contribution is 0.0643. The maximum Gasteiger partial charge on any atom is 0.394 e. The van der Waals surface area contributed by atoms with Gasteiger partial charge < -0.3 is 9.63 Å². The second-order valence-corrected chi connectivity index (χ2v) is 3.17. The predicted octanol–water partition coefficient (Wildman–Crippen LogP) is 2.13. The molecule has 0 bridgehead atoms. The zero-order valence-corrected chi connectivity index (χ0v) is 8.55. The molecule has 100 valence electrons. The monoisotopic (exact) mass is 280 g/mol. The third-order valence-corrected chi connectivity index (χ3v) is 2.04. The highest BCUT2D eigenvalue weighted by atomic mass is 19.2. The Balaban J connectivity index is 2.71. The predicted molar refractivity (Wildman–Crippen MR) is 46.5 cm³/mol. The number of carboxylic acids is 1. The number of halogens is 5. The number of rotatable bonds is 2. The van der Waals surface area contributed by atoms with E-state index in [1.807, 2.05) is 0 Å². The Hall–Kier alpha value is -2.52. The van der Waals surface area contributed by atoms with Crippen molar-refractivity contribution in [2.75, 3.05) is 0 Å². The van der Waals surface area contributed by atoms with Gasteiger partial charge in [-0.1, -0.05) is 5.16 Å². The number of hydrogen-bond acceptors (Lipinski definition) is 4. The number of aromatic nitrogens is 2. The van der Waals surface area contributed by atoms with E-state index in [-0.39, 0.29) is 0 Å². The van der Waals surface area contributed by atoms with Gasteiger partial charge in [0.25, 0.3) is 0 Å². The lowest BCUT2D eigenvalue weighted by Gasteiger charge is -2.03. The van der Waals surface area contributed by atoms with Gasteiger partial charge in [0.2, 0.25) is 11.6 Å². The summed E-state index contributed by atoms with van der Waals surface area (Å²) in [6.07, 6.45) is 0. The van der Waals surface area contributed by atoms with Crippen LogP contribution in [0.25, 0.3) is 11.4 Å². The van der Waals surface area contributed by atoms with E-state index in [0.29, 0.717) is 0 Å². The van der Waals surface area contributed by atoms with Gasteiger partial charge in [0.05, 0.1) is 0 Å². The van der Waals surface area contributed by atoms with Crippen LogP contribution in [0.4, 0.5) is 22.0 Å². The molecular formula is C9HF5N2O3. The fraction of sp³-hybridized carbons (Fsp3) is 0. The van der Waals surface area contributed by atoms with Gasteiger partial charge in [0.1, 0.15) is 5.56 Å². The van der Waals surface area contributed by atoms with Crippen molar-refractivity contribution in [1.82, 2.24) is 10.1 Å². The molecule has 0 fully saturated rings. The Morgan fingerprint density at radius 1 is 0.947 bits per heavy atom. The van der Waals surface area contributed by atoms with Crippen molar-refractivity contribution in [2.45, 2.75) is 0 Å². The third kappa shape index (κ3) is 1.90. The van der Waals surface area contributed by atoms with E-state index in [2.05, 4.69) is 14.7 Å². The van der Waals surface area contributed by atoms with Gasteiger partial charge in [-0.2, -0.15) is 4.98 Å². The van der Waals surface area contributed by atoms with Crippen molar-refractivity contribution in [2.24, 2.45) is 0 Å². The first-order chi connectivity index (χ1) is 8.84. The molecule has 0 aliphatic heterocycles. The van der Waals surface area contributed by atoms with E-state index < -0.39 is 52.3 Å². The summed E-state index contributed by atoms with van der Waals surface area (Å²) in [4.78, 5) is 13.4. The molecule has 0 saturated heterocycles. The van der Waals surface area contributed by atoms with Crippen molar-refractivity contribution in [3.8, 4) is 11.4 Å². The van der Waals surface area contributed by atoms with Crippen LogP contribution in [-0.4, -0.2) is 21.2 Å². The van der Waals surface area contributed by atoms with Crippen LogP contribution in [0.15, 0.2) is 4.52 Å². The van der Waals surface area contributed by atoms with Crippen LogP contribution in [0.3, 0.4) is 0 Å². The zero-order valence-electron chi connectivity index (χ0n) is 8.55.